The average Bonchev–Trinajstić information content (AvgIpc) is 2.95. The lowest BCUT2D eigenvalue weighted by Crippen LogP contribution is -2.16. The number of benzene rings is 3. The summed E-state index contributed by atoms with van der Waals surface area (Å²) in [5.41, 5.74) is 10.1. The molecule has 0 fully saturated rings. The highest BCUT2D eigenvalue weighted by Gasteiger charge is 2.31. The Morgan fingerprint density at radius 2 is 1.44 bits per heavy atom. The molecule has 1 aliphatic carbocycles. The summed E-state index contributed by atoms with van der Waals surface area (Å²) >= 11 is 0. The maximum Gasteiger partial charge on any atom is 0.0352 e. The first kappa shape index (κ1) is 16.1. The highest BCUT2D eigenvalue weighted by Crippen LogP contribution is 2.49. The first-order valence-corrected chi connectivity index (χ1v) is 9.31. The van der Waals surface area contributed by atoms with Crippen LogP contribution in [0, 0.1) is 6.92 Å². The zero-order chi connectivity index (χ0) is 17.6. The van der Waals surface area contributed by atoms with E-state index < -0.39 is 0 Å². The van der Waals surface area contributed by atoms with Crippen LogP contribution in [0.2, 0.25) is 0 Å². The molecule has 0 aromatic heterocycles. The third kappa shape index (κ3) is 2.61. The van der Waals surface area contributed by atoms with Gasteiger partial charge >= 0.3 is 0 Å². The molecule has 0 heterocycles. The molecule has 25 heavy (non-hydrogen) atoms. The predicted molar refractivity (Wildman–Crippen MR) is 107 cm³/mol. The molecule has 1 aliphatic rings. The van der Waals surface area contributed by atoms with Gasteiger partial charge in [-0.05, 0) is 52.1 Å². The molecule has 126 valence electrons. The molecule has 0 saturated carbocycles. The van der Waals surface area contributed by atoms with Crippen molar-refractivity contribution >= 4 is 0 Å². The van der Waals surface area contributed by atoms with Gasteiger partial charge in [-0.3, -0.25) is 0 Å². The van der Waals surface area contributed by atoms with Crippen LogP contribution in [0.3, 0.4) is 0 Å². The summed E-state index contributed by atoms with van der Waals surface area (Å²) in [5.74, 6) is 0.346. The Balaban J connectivity index is 1.96. The molecular weight excluding hydrogens is 300 g/mol. The molecule has 4 rings (SSSR count). The van der Waals surface area contributed by atoms with E-state index in [1.807, 2.05) is 0 Å². The van der Waals surface area contributed by atoms with Crippen LogP contribution in [0.1, 0.15) is 60.9 Å². The second-order valence-electron chi connectivity index (χ2n) is 7.97. The molecule has 3 aromatic rings. The van der Waals surface area contributed by atoms with E-state index in [9.17, 15) is 0 Å². The lowest BCUT2D eigenvalue weighted by Gasteiger charge is -2.25. The molecule has 0 heteroatoms. The Labute approximate surface area is 151 Å². The zero-order valence-electron chi connectivity index (χ0n) is 15.6. The molecule has 0 radical (unpaired) electrons. The third-order valence-corrected chi connectivity index (χ3v) is 5.97. The summed E-state index contributed by atoms with van der Waals surface area (Å²) in [5, 5.41) is 0. The van der Waals surface area contributed by atoms with E-state index in [4.69, 9.17) is 0 Å². The van der Waals surface area contributed by atoms with Crippen molar-refractivity contribution < 1.29 is 0 Å². The van der Waals surface area contributed by atoms with Crippen LogP contribution in [0.5, 0.6) is 0 Å². The Morgan fingerprint density at radius 3 is 2.12 bits per heavy atom. The van der Waals surface area contributed by atoms with Crippen LogP contribution in [-0.4, -0.2) is 0 Å². The van der Waals surface area contributed by atoms with Gasteiger partial charge in [-0.15, -0.1) is 0 Å². The standard InChI is InChI=1S/C25H26/c1-5-25(3,4)19-12-14-21-20-13-11-17(2)15-22(20)24(23(21)16-19)18-9-7-6-8-10-18/h6-16,24H,5H2,1-4H3. The van der Waals surface area contributed by atoms with Crippen molar-refractivity contribution in [1.82, 2.24) is 0 Å². The van der Waals surface area contributed by atoms with E-state index in [1.54, 1.807) is 0 Å². The van der Waals surface area contributed by atoms with Crippen LogP contribution < -0.4 is 0 Å². The Hall–Kier alpha value is -2.34. The number of rotatable bonds is 3. The van der Waals surface area contributed by atoms with Gasteiger partial charge < -0.3 is 0 Å². The van der Waals surface area contributed by atoms with Crippen molar-refractivity contribution in [1.29, 1.82) is 0 Å². The van der Waals surface area contributed by atoms with Crippen molar-refractivity contribution in [2.75, 3.05) is 0 Å². The Kier molecular flexibility index (Phi) is 3.80. The number of hydrogen-bond donors (Lipinski definition) is 0. The lowest BCUT2D eigenvalue weighted by atomic mass is 9.79. The zero-order valence-corrected chi connectivity index (χ0v) is 15.6. The molecule has 3 aromatic carbocycles. The molecule has 0 amide bonds. The van der Waals surface area contributed by atoms with Crippen LogP contribution in [0.15, 0.2) is 66.7 Å². The first-order valence-electron chi connectivity index (χ1n) is 9.31. The summed E-state index contributed by atoms with van der Waals surface area (Å²) < 4.78 is 0. The van der Waals surface area contributed by atoms with Gasteiger partial charge in [-0.2, -0.15) is 0 Å². The monoisotopic (exact) mass is 326 g/mol. The number of hydrogen-bond acceptors (Lipinski definition) is 0. The van der Waals surface area contributed by atoms with Crippen molar-refractivity contribution in [3.05, 3.63) is 94.5 Å². The summed E-state index contributed by atoms with van der Waals surface area (Å²) in [6.07, 6.45) is 1.15. The topological polar surface area (TPSA) is 0 Å². The van der Waals surface area contributed by atoms with Gasteiger partial charge in [0.2, 0.25) is 0 Å². The molecule has 1 atom stereocenters. The molecule has 0 nitrogen and oxygen atoms in total. The number of fused-ring (bicyclic) bond motifs is 3. The minimum Gasteiger partial charge on any atom is -0.0646 e. The normalized spacial score (nSPS) is 15.8. The highest BCUT2D eigenvalue weighted by molar-refractivity contribution is 5.81. The predicted octanol–water partition coefficient (Wildman–Crippen LogP) is 6.84. The van der Waals surface area contributed by atoms with E-state index in [0.717, 1.165) is 6.42 Å². The minimum atomic E-state index is 0.209. The van der Waals surface area contributed by atoms with Gasteiger partial charge in [0, 0.05) is 5.92 Å². The minimum absolute atomic E-state index is 0.209. The molecule has 1 unspecified atom stereocenters. The Morgan fingerprint density at radius 1 is 0.800 bits per heavy atom. The van der Waals surface area contributed by atoms with Gasteiger partial charge in [-0.1, -0.05) is 93.1 Å². The SMILES string of the molecule is CCC(C)(C)c1ccc2c(c1)C(c1ccccc1)c1cc(C)ccc1-2. The van der Waals surface area contributed by atoms with Gasteiger partial charge in [0.1, 0.15) is 0 Å². The third-order valence-electron chi connectivity index (χ3n) is 5.97. The molecule has 0 saturated heterocycles. The maximum absolute atomic E-state index is 2.46. The lowest BCUT2D eigenvalue weighted by molar-refractivity contribution is 0.506. The Bertz CT molecular complexity index is 916. The molecular formula is C25H26. The van der Waals surface area contributed by atoms with E-state index in [2.05, 4.69) is 94.4 Å². The van der Waals surface area contributed by atoms with Crippen molar-refractivity contribution in [2.24, 2.45) is 0 Å². The van der Waals surface area contributed by atoms with Crippen LogP contribution in [0.25, 0.3) is 11.1 Å². The largest absolute Gasteiger partial charge is 0.0646 e. The van der Waals surface area contributed by atoms with Gasteiger partial charge in [-0.25, -0.2) is 0 Å². The summed E-state index contributed by atoms with van der Waals surface area (Å²) in [7, 11) is 0. The van der Waals surface area contributed by atoms with E-state index in [0.29, 0.717) is 5.92 Å². The van der Waals surface area contributed by atoms with E-state index >= 15 is 0 Å². The fourth-order valence-electron chi connectivity index (χ4n) is 4.01. The van der Waals surface area contributed by atoms with E-state index in [1.165, 1.54) is 38.9 Å². The quantitative estimate of drug-likeness (QED) is 0.386. The van der Waals surface area contributed by atoms with E-state index in [-0.39, 0.29) is 5.41 Å². The van der Waals surface area contributed by atoms with Crippen LogP contribution >= 0.6 is 0 Å². The van der Waals surface area contributed by atoms with Crippen molar-refractivity contribution in [2.45, 2.75) is 45.4 Å². The molecule has 0 N–H and O–H groups in total. The molecule has 0 bridgehead atoms. The second-order valence-corrected chi connectivity index (χ2v) is 7.97. The van der Waals surface area contributed by atoms with Crippen LogP contribution in [0.4, 0.5) is 0 Å². The van der Waals surface area contributed by atoms with Gasteiger partial charge in [0.25, 0.3) is 0 Å². The summed E-state index contributed by atoms with van der Waals surface area (Å²) in [4.78, 5) is 0. The molecule has 0 aliphatic heterocycles. The van der Waals surface area contributed by atoms with Crippen molar-refractivity contribution in [3.63, 3.8) is 0 Å². The van der Waals surface area contributed by atoms with Gasteiger partial charge in [0.05, 0.1) is 0 Å². The molecule has 0 spiro atoms. The van der Waals surface area contributed by atoms with Crippen LogP contribution in [-0.2, 0) is 5.41 Å². The second kappa shape index (κ2) is 5.88. The first-order chi connectivity index (χ1) is 12.0. The number of aryl methyl sites for hydroxylation is 1. The summed E-state index contributed by atoms with van der Waals surface area (Å²) in [6.45, 7) is 9.16. The average molecular weight is 326 g/mol. The smallest absolute Gasteiger partial charge is 0.0352 e. The fourth-order valence-corrected chi connectivity index (χ4v) is 4.01. The maximum atomic E-state index is 2.46. The van der Waals surface area contributed by atoms with Gasteiger partial charge in [0.15, 0.2) is 0 Å². The fraction of sp³-hybridized carbons (Fsp3) is 0.280. The highest BCUT2D eigenvalue weighted by atomic mass is 14.3. The van der Waals surface area contributed by atoms with Crippen molar-refractivity contribution in [3.8, 4) is 11.1 Å². The summed E-state index contributed by atoms with van der Waals surface area (Å²) in [6, 6.07) is 25.0.